The molecule has 0 radical (unpaired) electrons. The Bertz CT molecular complexity index is 466. The normalized spacial score (nSPS) is 25.7. The lowest BCUT2D eigenvalue weighted by Crippen LogP contribution is -2.52. The Morgan fingerprint density at radius 3 is 2.33 bits per heavy atom. The fourth-order valence-electron chi connectivity index (χ4n) is 3.28. The van der Waals surface area contributed by atoms with Crippen LogP contribution in [0.3, 0.4) is 0 Å². The molecule has 0 bridgehead atoms. The molecule has 1 aliphatic heterocycles. The van der Waals surface area contributed by atoms with Gasteiger partial charge in [0.2, 0.25) is 5.91 Å². The summed E-state index contributed by atoms with van der Waals surface area (Å²) >= 11 is 0. The second kappa shape index (κ2) is 6.58. The van der Waals surface area contributed by atoms with E-state index in [1.807, 2.05) is 37.4 Å². The van der Waals surface area contributed by atoms with Gasteiger partial charge >= 0.3 is 0 Å². The summed E-state index contributed by atoms with van der Waals surface area (Å²) in [5.41, 5.74) is 5.90. The van der Waals surface area contributed by atoms with Crippen molar-refractivity contribution in [1.82, 2.24) is 10.2 Å². The number of carbonyl (C=O) groups is 1. The van der Waals surface area contributed by atoms with Crippen LogP contribution in [0.15, 0.2) is 30.3 Å². The lowest BCUT2D eigenvalue weighted by Gasteiger charge is -2.32. The first-order valence-electron chi connectivity index (χ1n) is 7.76. The SMILES string of the molecule is CNC(CCN1CC(C)C(C)C1)(C(N)=O)c1ccccc1. The summed E-state index contributed by atoms with van der Waals surface area (Å²) < 4.78 is 0. The largest absolute Gasteiger partial charge is 0.368 e. The molecule has 21 heavy (non-hydrogen) atoms. The van der Waals surface area contributed by atoms with E-state index >= 15 is 0 Å². The molecule has 4 nitrogen and oxygen atoms in total. The second-order valence-corrected chi connectivity index (χ2v) is 6.35. The summed E-state index contributed by atoms with van der Waals surface area (Å²) in [6, 6.07) is 9.79. The highest BCUT2D eigenvalue weighted by atomic mass is 16.1. The molecule has 1 aliphatic rings. The van der Waals surface area contributed by atoms with Crippen LogP contribution >= 0.6 is 0 Å². The lowest BCUT2D eigenvalue weighted by atomic mass is 9.85. The molecule has 1 amide bonds. The number of benzene rings is 1. The lowest BCUT2D eigenvalue weighted by molar-refractivity contribution is -0.125. The molecule has 4 heteroatoms. The number of primary amides is 1. The van der Waals surface area contributed by atoms with Crippen molar-refractivity contribution in [3.05, 3.63) is 35.9 Å². The zero-order valence-corrected chi connectivity index (χ0v) is 13.3. The summed E-state index contributed by atoms with van der Waals surface area (Å²) in [4.78, 5) is 14.6. The van der Waals surface area contributed by atoms with E-state index in [1.165, 1.54) is 0 Å². The third-order valence-corrected chi connectivity index (χ3v) is 4.98. The highest BCUT2D eigenvalue weighted by molar-refractivity contribution is 5.86. The number of amides is 1. The molecular formula is C17H27N3O. The van der Waals surface area contributed by atoms with Gasteiger partial charge in [0.1, 0.15) is 5.54 Å². The molecule has 1 aromatic carbocycles. The van der Waals surface area contributed by atoms with E-state index in [-0.39, 0.29) is 5.91 Å². The Morgan fingerprint density at radius 1 is 1.29 bits per heavy atom. The van der Waals surface area contributed by atoms with E-state index in [1.54, 1.807) is 0 Å². The van der Waals surface area contributed by atoms with Crippen molar-refractivity contribution in [2.75, 3.05) is 26.7 Å². The zero-order chi connectivity index (χ0) is 15.5. The Morgan fingerprint density at radius 2 is 1.86 bits per heavy atom. The van der Waals surface area contributed by atoms with Crippen molar-refractivity contribution in [1.29, 1.82) is 0 Å². The standard InChI is InChI=1S/C17H27N3O/c1-13-11-20(12-14(13)2)10-9-17(19-3,16(18)21)15-7-5-4-6-8-15/h4-8,13-14,19H,9-12H2,1-3H3,(H2,18,21). The van der Waals surface area contributed by atoms with Crippen LogP contribution in [-0.2, 0) is 10.3 Å². The van der Waals surface area contributed by atoms with E-state index in [4.69, 9.17) is 5.73 Å². The molecule has 1 fully saturated rings. The molecule has 0 aliphatic carbocycles. The van der Waals surface area contributed by atoms with Gasteiger partial charge in [-0.15, -0.1) is 0 Å². The van der Waals surface area contributed by atoms with Gasteiger partial charge in [0.15, 0.2) is 0 Å². The molecule has 3 atom stereocenters. The smallest absolute Gasteiger partial charge is 0.242 e. The molecule has 3 N–H and O–H groups in total. The van der Waals surface area contributed by atoms with Crippen LogP contribution in [0.4, 0.5) is 0 Å². The highest BCUT2D eigenvalue weighted by Crippen LogP contribution is 2.28. The molecule has 1 saturated heterocycles. The van der Waals surface area contributed by atoms with Gasteiger partial charge in [-0.3, -0.25) is 4.79 Å². The number of carbonyl (C=O) groups excluding carboxylic acids is 1. The molecule has 2 rings (SSSR count). The first-order valence-corrected chi connectivity index (χ1v) is 7.76. The number of rotatable bonds is 6. The number of likely N-dealkylation sites (tertiary alicyclic amines) is 1. The van der Waals surface area contributed by atoms with Crippen LogP contribution in [-0.4, -0.2) is 37.5 Å². The average Bonchev–Trinajstić information content (AvgIpc) is 2.80. The summed E-state index contributed by atoms with van der Waals surface area (Å²) in [6.45, 7) is 7.68. The third kappa shape index (κ3) is 3.27. The molecule has 116 valence electrons. The van der Waals surface area contributed by atoms with Crippen LogP contribution in [0, 0.1) is 11.8 Å². The van der Waals surface area contributed by atoms with E-state index in [2.05, 4.69) is 24.1 Å². The maximum absolute atomic E-state index is 12.1. The summed E-state index contributed by atoms with van der Waals surface area (Å²) in [5.74, 6) is 1.13. The predicted octanol–water partition coefficient (Wildman–Crippen LogP) is 1.56. The average molecular weight is 289 g/mol. The van der Waals surface area contributed by atoms with Crippen molar-refractivity contribution in [2.45, 2.75) is 25.8 Å². The van der Waals surface area contributed by atoms with Crippen molar-refractivity contribution in [2.24, 2.45) is 17.6 Å². The van der Waals surface area contributed by atoms with Gasteiger partial charge in [-0.2, -0.15) is 0 Å². The Labute approximate surface area is 127 Å². The zero-order valence-electron chi connectivity index (χ0n) is 13.3. The molecular weight excluding hydrogens is 262 g/mol. The number of nitrogens with one attached hydrogen (secondary N) is 1. The van der Waals surface area contributed by atoms with Crippen LogP contribution in [0.2, 0.25) is 0 Å². The topological polar surface area (TPSA) is 58.4 Å². The summed E-state index contributed by atoms with van der Waals surface area (Å²) in [5, 5.41) is 3.18. The predicted molar refractivity (Wildman–Crippen MR) is 85.8 cm³/mol. The van der Waals surface area contributed by atoms with E-state index in [9.17, 15) is 4.79 Å². The molecule has 0 saturated carbocycles. The minimum absolute atomic E-state index is 0.309. The molecule has 0 spiro atoms. The van der Waals surface area contributed by atoms with Gasteiger partial charge < -0.3 is 16.0 Å². The van der Waals surface area contributed by atoms with Crippen molar-refractivity contribution < 1.29 is 4.79 Å². The van der Waals surface area contributed by atoms with Gasteiger partial charge in [0, 0.05) is 19.6 Å². The Balaban J connectivity index is 2.13. The van der Waals surface area contributed by atoms with Gasteiger partial charge in [-0.05, 0) is 30.9 Å². The van der Waals surface area contributed by atoms with Crippen LogP contribution in [0.25, 0.3) is 0 Å². The van der Waals surface area contributed by atoms with Gasteiger partial charge in [-0.1, -0.05) is 44.2 Å². The minimum Gasteiger partial charge on any atom is -0.368 e. The van der Waals surface area contributed by atoms with E-state index < -0.39 is 5.54 Å². The first kappa shape index (κ1) is 16.0. The van der Waals surface area contributed by atoms with E-state index in [0.29, 0.717) is 6.42 Å². The highest BCUT2D eigenvalue weighted by Gasteiger charge is 2.38. The Hall–Kier alpha value is -1.39. The maximum atomic E-state index is 12.1. The Kier molecular flexibility index (Phi) is 5.01. The van der Waals surface area contributed by atoms with Gasteiger partial charge in [-0.25, -0.2) is 0 Å². The fourth-order valence-corrected chi connectivity index (χ4v) is 3.28. The molecule has 0 aromatic heterocycles. The summed E-state index contributed by atoms with van der Waals surface area (Å²) in [6.07, 6.45) is 0.697. The van der Waals surface area contributed by atoms with Crippen molar-refractivity contribution in [3.63, 3.8) is 0 Å². The minimum atomic E-state index is -0.781. The fraction of sp³-hybridized carbons (Fsp3) is 0.588. The summed E-state index contributed by atoms with van der Waals surface area (Å²) in [7, 11) is 1.81. The second-order valence-electron chi connectivity index (χ2n) is 6.35. The van der Waals surface area contributed by atoms with Crippen LogP contribution in [0.1, 0.15) is 25.8 Å². The van der Waals surface area contributed by atoms with Gasteiger partial charge in [0.25, 0.3) is 0 Å². The molecule has 1 heterocycles. The van der Waals surface area contributed by atoms with Crippen molar-refractivity contribution >= 4 is 5.91 Å². The first-order chi connectivity index (χ1) is 9.99. The number of nitrogens with two attached hydrogens (primary N) is 1. The third-order valence-electron chi connectivity index (χ3n) is 4.98. The maximum Gasteiger partial charge on any atom is 0.242 e. The quantitative estimate of drug-likeness (QED) is 0.835. The number of hydrogen-bond donors (Lipinski definition) is 2. The van der Waals surface area contributed by atoms with Crippen molar-refractivity contribution in [3.8, 4) is 0 Å². The van der Waals surface area contributed by atoms with E-state index in [0.717, 1.165) is 37.0 Å². The van der Waals surface area contributed by atoms with Crippen LogP contribution in [0.5, 0.6) is 0 Å². The number of nitrogens with zero attached hydrogens (tertiary/aromatic N) is 1. The molecule has 3 unspecified atom stereocenters. The number of hydrogen-bond acceptors (Lipinski definition) is 3. The number of likely N-dealkylation sites (N-methyl/N-ethyl adjacent to an activating group) is 1. The van der Waals surface area contributed by atoms with Crippen LogP contribution < -0.4 is 11.1 Å². The van der Waals surface area contributed by atoms with Gasteiger partial charge in [0.05, 0.1) is 0 Å². The molecule has 1 aromatic rings. The monoisotopic (exact) mass is 289 g/mol.